The molecule has 322 valence electrons. The van der Waals surface area contributed by atoms with Crippen molar-refractivity contribution < 1.29 is 42.2 Å². The number of rotatable bonds is 20. The molecule has 6 N–H and O–H groups in total. The molecule has 0 saturated carbocycles. The predicted molar refractivity (Wildman–Crippen MR) is 227 cm³/mol. The molecule has 0 aliphatic heterocycles. The van der Waals surface area contributed by atoms with E-state index in [1.165, 1.54) is 25.2 Å². The van der Waals surface area contributed by atoms with Gasteiger partial charge in [0.15, 0.2) is 0 Å². The Morgan fingerprint density at radius 2 is 1.27 bits per heavy atom. The lowest BCUT2D eigenvalue weighted by molar-refractivity contribution is -0.131. The Balaban J connectivity index is 1.94. The number of amides is 5. The van der Waals surface area contributed by atoms with Gasteiger partial charge < -0.3 is 36.4 Å². The highest BCUT2D eigenvalue weighted by Gasteiger charge is 2.34. The van der Waals surface area contributed by atoms with E-state index in [9.17, 15) is 37.5 Å². The average Bonchev–Trinajstić information content (AvgIpc) is 3.17. The zero-order valence-electron chi connectivity index (χ0n) is 35.3. The van der Waals surface area contributed by atoms with Gasteiger partial charge in [0, 0.05) is 30.6 Å². The lowest BCUT2D eigenvalue weighted by Gasteiger charge is -2.30. The average molecular weight is 837 g/mol. The molecule has 0 saturated heterocycles. The summed E-state index contributed by atoms with van der Waals surface area (Å²) in [6, 6.07) is 18.1. The Bertz CT molecular complexity index is 1990. The number of nitrogens with one attached hydrogen (secondary N) is 5. The minimum Gasteiger partial charge on any atom is -0.445 e. The van der Waals surface area contributed by atoms with Crippen LogP contribution in [0.5, 0.6) is 0 Å². The van der Waals surface area contributed by atoms with Crippen molar-refractivity contribution in [3.05, 3.63) is 101 Å². The van der Waals surface area contributed by atoms with Crippen LogP contribution >= 0.6 is 0 Å². The van der Waals surface area contributed by atoms with Crippen LogP contribution in [0.4, 0.5) is 10.5 Å². The lowest BCUT2D eigenvalue weighted by Crippen LogP contribution is -2.57. The molecule has 59 heavy (non-hydrogen) atoms. The maximum absolute atomic E-state index is 14.0. The van der Waals surface area contributed by atoms with Crippen LogP contribution in [0.15, 0.2) is 78.9 Å². The molecule has 0 radical (unpaired) electrons. The van der Waals surface area contributed by atoms with Crippen molar-refractivity contribution in [2.75, 3.05) is 17.6 Å². The van der Waals surface area contributed by atoms with E-state index in [4.69, 9.17) is 4.74 Å². The van der Waals surface area contributed by atoms with E-state index in [2.05, 4.69) is 26.6 Å². The summed E-state index contributed by atoms with van der Waals surface area (Å²) in [5.41, 5.74) is 1.53. The number of carbonyl (C=O) groups is 5. The number of benzene rings is 3. The van der Waals surface area contributed by atoms with E-state index in [1.807, 2.05) is 50.2 Å². The van der Waals surface area contributed by atoms with E-state index in [0.717, 1.165) is 16.1 Å². The van der Waals surface area contributed by atoms with Crippen LogP contribution in [0.2, 0.25) is 0 Å². The largest absolute Gasteiger partial charge is 0.445 e. The normalized spacial score (nSPS) is 14.1. The third-order valence-electron chi connectivity index (χ3n) is 9.43. The summed E-state index contributed by atoms with van der Waals surface area (Å²) in [5.74, 6) is -2.90. The van der Waals surface area contributed by atoms with Crippen molar-refractivity contribution in [2.45, 2.75) is 104 Å². The van der Waals surface area contributed by atoms with E-state index in [-0.39, 0.29) is 47.7 Å². The van der Waals surface area contributed by atoms with Crippen molar-refractivity contribution in [2.24, 2.45) is 11.8 Å². The molecule has 0 aliphatic rings. The van der Waals surface area contributed by atoms with Gasteiger partial charge in [-0.3, -0.25) is 23.5 Å². The minimum absolute atomic E-state index is 0.0167. The number of ether oxygens (including phenoxy) is 1. The van der Waals surface area contributed by atoms with Crippen molar-refractivity contribution in [3.63, 3.8) is 0 Å². The minimum atomic E-state index is -3.81. The van der Waals surface area contributed by atoms with Crippen LogP contribution < -0.4 is 30.9 Å². The number of carbonyl (C=O) groups excluding carboxylic acids is 5. The SMILES string of the molecule is CC(C)CC(NC(=O)c1cc(C(=O)NC(C)c2ccccc2)cc(N(C)S(C)(=O)=O)c1)C(O)CC(NC(=O)OCc1ccccc1)C(=O)NC(C(=O)NC(C)C)C(C)C. The standard InChI is InChI=1S/C43H60N6O9S/c1-26(2)20-35(46-40(52)33-21-32(22-34(23-33)49(8)59(9,56)57)39(51)45-29(7)31-18-14-11-15-19-31)37(50)24-36(47-43(55)58-25-30-16-12-10-13-17-30)41(53)48-38(27(3)4)42(54)44-28(5)6/h10-19,21-23,26-29,35-38,50H,20,24-25H2,1-9H3,(H,44,54)(H,45,51)(H,46,52)(H,47,55)(H,48,53). The fraction of sp³-hybridized carbons (Fsp3) is 0.465. The van der Waals surface area contributed by atoms with Gasteiger partial charge in [-0.25, -0.2) is 13.2 Å². The molecule has 16 heteroatoms. The van der Waals surface area contributed by atoms with Gasteiger partial charge >= 0.3 is 6.09 Å². The number of anilines is 1. The highest BCUT2D eigenvalue weighted by molar-refractivity contribution is 7.92. The van der Waals surface area contributed by atoms with Gasteiger partial charge in [0.05, 0.1) is 30.1 Å². The first kappa shape index (κ1) is 47.9. The van der Waals surface area contributed by atoms with Gasteiger partial charge in [0.25, 0.3) is 11.8 Å². The topological polar surface area (TPSA) is 212 Å². The monoisotopic (exact) mass is 836 g/mol. The Morgan fingerprint density at radius 3 is 1.80 bits per heavy atom. The predicted octanol–water partition coefficient (Wildman–Crippen LogP) is 4.43. The number of hydrogen-bond acceptors (Lipinski definition) is 9. The second kappa shape index (κ2) is 22.0. The van der Waals surface area contributed by atoms with Crippen LogP contribution in [-0.2, 0) is 31.0 Å². The summed E-state index contributed by atoms with van der Waals surface area (Å²) in [6.07, 6.45) is -1.58. The second-order valence-corrected chi connectivity index (χ2v) is 17.8. The third-order valence-corrected chi connectivity index (χ3v) is 10.6. The smallest absolute Gasteiger partial charge is 0.408 e. The van der Waals surface area contributed by atoms with Crippen LogP contribution in [0.25, 0.3) is 0 Å². The third kappa shape index (κ3) is 15.3. The van der Waals surface area contributed by atoms with Crippen molar-refractivity contribution in [1.29, 1.82) is 0 Å². The summed E-state index contributed by atoms with van der Waals surface area (Å²) in [6.45, 7) is 12.5. The molecule has 0 bridgehead atoms. The molecule has 3 rings (SSSR count). The Hall–Kier alpha value is -5.48. The number of sulfonamides is 1. The van der Waals surface area contributed by atoms with Gasteiger partial charge in [-0.15, -0.1) is 0 Å². The van der Waals surface area contributed by atoms with Crippen LogP contribution in [0.1, 0.15) is 99.2 Å². The molecule has 0 aromatic heterocycles. The summed E-state index contributed by atoms with van der Waals surface area (Å²) in [4.78, 5) is 67.6. The van der Waals surface area contributed by atoms with Gasteiger partial charge in [-0.2, -0.15) is 0 Å². The number of alkyl carbamates (subject to hydrolysis) is 1. The fourth-order valence-electron chi connectivity index (χ4n) is 6.13. The zero-order chi connectivity index (χ0) is 44.0. The first-order valence-electron chi connectivity index (χ1n) is 19.7. The molecule has 15 nitrogen and oxygen atoms in total. The molecular formula is C43H60N6O9S. The van der Waals surface area contributed by atoms with Gasteiger partial charge in [0.2, 0.25) is 21.8 Å². The number of nitrogens with zero attached hydrogens (tertiary/aromatic N) is 1. The van der Waals surface area contributed by atoms with Gasteiger partial charge in [-0.1, -0.05) is 88.4 Å². The highest BCUT2D eigenvalue weighted by Crippen LogP contribution is 2.23. The number of hydrogen-bond donors (Lipinski definition) is 6. The quantitative estimate of drug-likeness (QED) is 0.0949. The van der Waals surface area contributed by atoms with Crippen molar-refractivity contribution in [1.82, 2.24) is 26.6 Å². The molecule has 0 fully saturated rings. The first-order valence-corrected chi connectivity index (χ1v) is 21.5. The Kier molecular flexibility index (Phi) is 17.9. The van der Waals surface area contributed by atoms with E-state index in [1.54, 1.807) is 58.9 Å². The van der Waals surface area contributed by atoms with E-state index in [0.29, 0.717) is 5.56 Å². The molecule has 5 amide bonds. The number of aliphatic hydroxyl groups excluding tert-OH is 1. The zero-order valence-corrected chi connectivity index (χ0v) is 36.1. The van der Waals surface area contributed by atoms with Gasteiger partial charge in [-0.05, 0) is 68.4 Å². The lowest BCUT2D eigenvalue weighted by atomic mass is 9.93. The molecule has 3 aromatic rings. The molecular weight excluding hydrogens is 777 g/mol. The molecule has 3 aromatic carbocycles. The number of aliphatic hydroxyl groups is 1. The summed E-state index contributed by atoms with van der Waals surface area (Å²) >= 11 is 0. The van der Waals surface area contributed by atoms with Crippen LogP contribution in [0.3, 0.4) is 0 Å². The van der Waals surface area contributed by atoms with E-state index >= 15 is 0 Å². The maximum atomic E-state index is 14.0. The Morgan fingerprint density at radius 1 is 0.712 bits per heavy atom. The maximum Gasteiger partial charge on any atom is 0.408 e. The van der Waals surface area contributed by atoms with Crippen molar-refractivity contribution in [3.8, 4) is 0 Å². The Labute approximate surface area is 348 Å². The molecule has 0 heterocycles. The summed E-state index contributed by atoms with van der Waals surface area (Å²) in [7, 11) is -2.52. The summed E-state index contributed by atoms with van der Waals surface area (Å²) < 4.78 is 31.5. The summed E-state index contributed by atoms with van der Waals surface area (Å²) in [5, 5.41) is 25.5. The molecule has 5 atom stereocenters. The van der Waals surface area contributed by atoms with E-state index < -0.39 is 76.4 Å². The highest BCUT2D eigenvalue weighted by atomic mass is 32.2. The van der Waals surface area contributed by atoms with Gasteiger partial charge in [0.1, 0.15) is 18.7 Å². The molecule has 5 unspecified atom stereocenters. The van der Waals surface area contributed by atoms with Crippen LogP contribution in [0, 0.1) is 11.8 Å². The first-order chi connectivity index (χ1) is 27.7. The van der Waals surface area contributed by atoms with Crippen LogP contribution in [-0.4, -0.2) is 86.8 Å². The molecule has 0 spiro atoms. The molecule has 0 aliphatic carbocycles. The fourth-order valence-corrected chi connectivity index (χ4v) is 6.62. The second-order valence-electron chi connectivity index (χ2n) is 15.8. The van der Waals surface area contributed by atoms with Crippen molar-refractivity contribution >= 4 is 45.4 Å².